The van der Waals surface area contributed by atoms with Crippen LogP contribution in [0.15, 0.2) is 17.5 Å². The fourth-order valence-electron chi connectivity index (χ4n) is 1.67. The summed E-state index contributed by atoms with van der Waals surface area (Å²) in [5.41, 5.74) is 0. The number of rotatable bonds is 3. The lowest BCUT2D eigenvalue weighted by molar-refractivity contribution is -0.311. The van der Waals surface area contributed by atoms with Gasteiger partial charge in [-0.2, -0.15) is 0 Å². The SMILES string of the molecule is O=C([O-])[C@@H]1CC(=O)N(Cc2cccs2)C1. The second kappa shape index (κ2) is 4.02. The third kappa shape index (κ3) is 2.18. The molecule has 5 heteroatoms. The minimum Gasteiger partial charge on any atom is -0.550 e. The van der Waals surface area contributed by atoms with Crippen molar-refractivity contribution in [3.8, 4) is 0 Å². The summed E-state index contributed by atoms with van der Waals surface area (Å²) < 4.78 is 0. The van der Waals surface area contributed by atoms with Crippen LogP contribution in [0.4, 0.5) is 0 Å². The number of carbonyl (C=O) groups excluding carboxylic acids is 2. The van der Waals surface area contributed by atoms with Crippen LogP contribution < -0.4 is 5.11 Å². The summed E-state index contributed by atoms with van der Waals surface area (Å²) in [5, 5.41) is 12.5. The number of carboxylic acid groups (broad SMARTS) is 1. The van der Waals surface area contributed by atoms with Crippen LogP contribution >= 0.6 is 11.3 Å². The van der Waals surface area contributed by atoms with Crippen LogP contribution in [0, 0.1) is 5.92 Å². The summed E-state index contributed by atoms with van der Waals surface area (Å²) in [6.45, 7) is 0.791. The summed E-state index contributed by atoms with van der Waals surface area (Å²) in [7, 11) is 0. The summed E-state index contributed by atoms with van der Waals surface area (Å²) in [6.07, 6.45) is 0.0771. The molecular formula is C10H10NO3S-. The lowest BCUT2D eigenvalue weighted by Gasteiger charge is -2.15. The molecule has 1 aromatic heterocycles. The Hall–Kier alpha value is -1.36. The van der Waals surface area contributed by atoms with E-state index in [2.05, 4.69) is 0 Å². The summed E-state index contributed by atoms with van der Waals surface area (Å²) in [6, 6.07) is 3.85. The van der Waals surface area contributed by atoms with Crippen molar-refractivity contribution in [3.05, 3.63) is 22.4 Å². The quantitative estimate of drug-likeness (QED) is 0.717. The largest absolute Gasteiger partial charge is 0.550 e. The van der Waals surface area contributed by atoms with Crippen molar-refractivity contribution < 1.29 is 14.7 Å². The van der Waals surface area contributed by atoms with E-state index in [4.69, 9.17) is 0 Å². The maximum atomic E-state index is 11.5. The molecule has 80 valence electrons. The Labute approximate surface area is 91.1 Å². The van der Waals surface area contributed by atoms with E-state index in [-0.39, 0.29) is 18.9 Å². The molecule has 0 spiro atoms. The van der Waals surface area contributed by atoms with Crippen molar-refractivity contribution in [2.75, 3.05) is 6.54 Å². The number of likely N-dealkylation sites (tertiary alicyclic amines) is 1. The predicted molar refractivity (Wildman–Crippen MR) is 52.9 cm³/mol. The first kappa shape index (κ1) is 10.2. The van der Waals surface area contributed by atoms with E-state index in [1.807, 2.05) is 17.5 Å². The van der Waals surface area contributed by atoms with Crippen LogP contribution in [0.1, 0.15) is 11.3 Å². The van der Waals surface area contributed by atoms with Gasteiger partial charge in [0.25, 0.3) is 0 Å². The van der Waals surface area contributed by atoms with Crippen LogP contribution in [0.2, 0.25) is 0 Å². The number of thiophene rings is 1. The number of carbonyl (C=O) groups is 2. The van der Waals surface area contributed by atoms with Crippen LogP contribution in [0.3, 0.4) is 0 Å². The first-order chi connectivity index (χ1) is 7.16. The molecule has 1 atom stereocenters. The van der Waals surface area contributed by atoms with Gasteiger partial charge in [0.2, 0.25) is 5.91 Å². The van der Waals surface area contributed by atoms with Gasteiger partial charge in [0.1, 0.15) is 0 Å². The Morgan fingerprint density at radius 1 is 1.67 bits per heavy atom. The monoisotopic (exact) mass is 224 g/mol. The van der Waals surface area contributed by atoms with E-state index in [9.17, 15) is 14.7 Å². The molecule has 2 heterocycles. The molecule has 1 aliphatic heterocycles. The number of nitrogens with zero attached hydrogens (tertiary/aromatic N) is 1. The predicted octanol–water partition coefficient (Wildman–Crippen LogP) is -0.154. The molecule has 0 aliphatic carbocycles. The van der Waals surface area contributed by atoms with Crippen LogP contribution in [0.5, 0.6) is 0 Å². The molecule has 4 nitrogen and oxygen atoms in total. The highest BCUT2D eigenvalue weighted by Crippen LogP contribution is 2.21. The van der Waals surface area contributed by atoms with Crippen molar-refractivity contribution >= 4 is 23.2 Å². The van der Waals surface area contributed by atoms with Gasteiger partial charge in [-0.1, -0.05) is 6.07 Å². The molecule has 2 rings (SSSR count). The minimum atomic E-state index is -1.13. The van der Waals surface area contributed by atoms with E-state index in [0.29, 0.717) is 6.54 Å². The zero-order valence-corrected chi connectivity index (χ0v) is 8.83. The number of carboxylic acids is 1. The molecule has 0 aromatic carbocycles. The summed E-state index contributed by atoms with van der Waals surface area (Å²) in [4.78, 5) is 24.7. The van der Waals surface area contributed by atoms with Gasteiger partial charge in [0, 0.05) is 29.7 Å². The number of amides is 1. The Bertz CT molecular complexity index is 374. The Morgan fingerprint density at radius 2 is 2.47 bits per heavy atom. The highest BCUT2D eigenvalue weighted by molar-refractivity contribution is 7.09. The van der Waals surface area contributed by atoms with Gasteiger partial charge in [-0.3, -0.25) is 4.79 Å². The number of aliphatic carboxylic acids is 1. The molecule has 1 aliphatic rings. The van der Waals surface area contributed by atoms with E-state index in [1.54, 1.807) is 16.2 Å². The average Bonchev–Trinajstić information content (AvgIpc) is 2.77. The number of hydrogen-bond donors (Lipinski definition) is 0. The fraction of sp³-hybridized carbons (Fsp3) is 0.400. The highest BCUT2D eigenvalue weighted by Gasteiger charge is 2.30. The molecule has 1 saturated heterocycles. The van der Waals surface area contributed by atoms with Gasteiger partial charge >= 0.3 is 0 Å². The molecule has 0 saturated carbocycles. The summed E-state index contributed by atoms with van der Waals surface area (Å²) >= 11 is 1.56. The van der Waals surface area contributed by atoms with Gasteiger partial charge < -0.3 is 14.8 Å². The molecule has 1 aromatic rings. The molecule has 0 unspecified atom stereocenters. The zero-order chi connectivity index (χ0) is 10.8. The second-order valence-corrected chi connectivity index (χ2v) is 4.61. The van der Waals surface area contributed by atoms with Gasteiger partial charge in [-0.25, -0.2) is 0 Å². The van der Waals surface area contributed by atoms with Crippen molar-refractivity contribution in [3.63, 3.8) is 0 Å². The molecular weight excluding hydrogens is 214 g/mol. The zero-order valence-electron chi connectivity index (χ0n) is 8.01. The van der Waals surface area contributed by atoms with Gasteiger partial charge in [-0.15, -0.1) is 11.3 Å². The lowest BCUT2D eigenvalue weighted by atomic mass is 10.1. The van der Waals surface area contributed by atoms with E-state index in [0.717, 1.165) is 4.88 Å². The Balaban J connectivity index is 2.00. The normalized spacial score (nSPS) is 20.9. The Kier molecular flexibility index (Phi) is 2.73. The first-order valence-corrected chi connectivity index (χ1v) is 5.56. The number of hydrogen-bond acceptors (Lipinski definition) is 4. The molecule has 0 bridgehead atoms. The van der Waals surface area contributed by atoms with Crippen molar-refractivity contribution in [2.24, 2.45) is 5.92 Å². The topological polar surface area (TPSA) is 60.4 Å². The van der Waals surface area contributed by atoms with Crippen LogP contribution in [-0.4, -0.2) is 23.3 Å². The van der Waals surface area contributed by atoms with Gasteiger partial charge in [-0.05, 0) is 11.4 Å². The Morgan fingerprint density at radius 3 is 3.00 bits per heavy atom. The van der Waals surface area contributed by atoms with Crippen molar-refractivity contribution in [2.45, 2.75) is 13.0 Å². The van der Waals surface area contributed by atoms with Crippen LogP contribution in [-0.2, 0) is 16.1 Å². The third-order valence-corrected chi connectivity index (χ3v) is 3.34. The van der Waals surface area contributed by atoms with Crippen molar-refractivity contribution in [1.82, 2.24) is 4.90 Å². The molecule has 1 fully saturated rings. The molecule has 0 radical (unpaired) electrons. The molecule has 0 N–H and O–H groups in total. The van der Waals surface area contributed by atoms with E-state index >= 15 is 0 Å². The maximum Gasteiger partial charge on any atom is 0.223 e. The smallest absolute Gasteiger partial charge is 0.223 e. The van der Waals surface area contributed by atoms with E-state index < -0.39 is 11.9 Å². The fourth-order valence-corrected chi connectivity index (χ4v) is 2.39. The van der Waals surface area contributed by atoms with Crippen LogP contribution in [0.25, 0.3) is 0 Å². The van der Waals surface area contributed by atoms with Crippen molar-refractivity contribution in [1.29, 1.82) is 0 Å². The second-order valence-electron chi connectivity index (χ2n) is 3.57. The standard InChI is InChI=1S/C10H11NO3S/c12-9-4-7(10(13)14)5-11(9)6-8-2-1-3-15-8/h1-3,7H,4-6H2,(H,13,14)/p-1/t7-/m1/s1. The highest BCUT2D eigenvalue weighted by atomic mass is 32.1. The van der Waals surface area contributed by atoms with Gasteiger partial charge in [0.15, 0.2) is 0 Å². The average molecular weight is 224 g/mol. The minimum absolute atomic E-state index is 0.0771. The maximum absolute atomic E-state index is 11.5. The van der Waals surface area contributed by atoms with E-state index in [1.165, 1.54) is 0 Å². The first-order valence-electron chi connectivity index (χ1n) is 4.68. The molecule has 15 heavy (non-hydrogen) atoms. The lowest BCUT2D eigenvalue weighted by Crippen LogP contribution is -2.33. The van der Waals surface area contributed by atoms with Gasteiger partial charge in [0.05, 0.1) is 6.54 Å². The molecule has 1 amide bonds. The summed E-state index contributed by atoms with van der Waals surface area (Å²) in [5.74, 6) is -1.87. The third-order valence-electron chi connectivity index (χ3n) is 2.47.